The number of halogens is 1. The molecule has 4 rings (SSSR count). The first-order chi connectivity index (χ1) is 14.5. The highest BCUT2D eigenvalue weighted by Crippen LogP contribution is 2.34. The van der Waals surface area contributed by atoms with Crippen molar-refractivity contribution in [2.75, 3.05) is 13.7 Å². The molecule has 1 N–H and O–H groups in total. The van der Waals surface area contributed by atoms with E-state index in [0.717, 1.165) is 11.3 Å². The normalized spacial score (nSPS) is 14.9. The summed E-state index contributed by atoms with van der Waals surface area (Å²) in [4.78, 5) is 17.3. The van der Waals surface area contributed by atoms with Crippen LogP contribution in [-0.2, 0) is 4.79 Å². The number of benzene rings is 2. The Morgan fingerprint density at radius 2 is 2.07 bits per heavy atom. The fourth-order valence-electron chi connectivity index (χ4n) is 3.65. The van der Waals surface area contributed by atoms with E-state index in [9.17, 15) is 9.18 Å². The molecule has 0 saturated carbocycles. The highest BCUT2D eigenvalue weighted by atomic mass is 19.1. The van der Waals surface area contributed by atoms with Crippen LogP contribution in [0.25, 0.3) is 5.69 Å². The summed E-state index contributed by atoms with van der Waals surface area (Å²) >= 11 is 0. The molecule has 0 spiro atoms. The standard InChI is InChI=1S/C22H22FN5O2/c1-4-24-20(29)12-18-22-27-26-13(2)28(22)19-9-8-16(30-3)11-17(19)21(25-18)14-6-5-7-15(23)10-14/h5-11,18H,4,12H2,1-3H3,(H,24,29)/t18-/m0/s1. The smallest absolute Gasteiger partial charge is 0.222 e. The molecule has 1 aromatic heterocycles. The molecule has 2 aromatic carbocycles. The third kappa shape index (κ3) is 3.56. The van der Waals surface area contributed by atoms with Crippen LogP contribution in [-0.4, -0.2) is 40.0 Å². The van der Waals surface area contributed by atoms with Crippen LogP contribution in [0.4, 0.5) is 4.39 Å². The highest BCUT2D eigenvalue weighted by molar-refractivity contribution is 6.15. The minimum Gasteiger partial charge on any atom is -0.497 e. The van der Waals surface area contributed by atoms with Gasteiger partial charge in [0.1, 0.15) is 23.4 Å². The summed E-state index contributed by atoms with van der Waals surface area (Å²) < 4.78 is 21.4. The number of aliphatic imine (C=N–C) groups is 1. The number of fused-ring (bicyclic) bond motifs is 3. The second kappa shape index (κ2) is 8.06. The van der Waals surface area contributed by atoms with Gasteiger partial charge in [-0.05, 0) is 44.2 Å². The Morgan fingerprint density at radius 1 is 1.23 bits per heavy atom. The number of rotatable bonds is 5. The van der Waals surface area contributed by atoms with E-state index in [2.05, 4.69) is 15.5 Å². The average Bonchev–Trinajstić information content (AvgIpc) is 3.05. The van der Waals surface area contributed by atoms with E-state index in [4.69, 9.17) is 9.73 Å². The number of nitrogens with zero attached hydrogens (tertiary/aromatic N) is 4. The van der Waals surface area contributed by atoms with Crippen molar-refractivity contribution >= 4 is 11.6 Å². The second-order valence-electron chi connectivity index (χ2n) is 6.99. The third-order valence-corrected chi connectivity index (χ3v) is 4.98. The predicted octanol–water partition coefficient (Wildman–Crippen LogP) is 3.14. The first-order valence-corrected chi connectivity index (χ1v) is 9.73. The second-order valence-corrected chi connectivity index (χ2v) is 6.99. The van der Waals surface area contributed by atoms with Gasteiger partial charge in [0.25, 0.3) is 0 Å². The summed E-state index contributed by atoms with van der Waals surface area (Å²) in [6.45, 7) is 4.23. The summed E-state index contributed by atoms with van der Waals surface area (Å²) in [5, 5.41) is 11.3. The molecular formula is C22H22FN5O2. The molecule has 7 nitrogen and oxygen atoms in total. The molecule has 0 unspecified atom stereocenters. The first kappa shape index (κ1) is 19.8. The monoisotopic (exact) mass is 407 g/mol. The minimum absolute atomic E-state index is 0.107. The van der Waals surface area contributed by atoms with E-state index in [1.165, 1.54) is 12.1 Å². The van der Waals surface area contributed by atoms with Crippen LogP contribution in [0.15, 0.2) is 47.5 Å². The number of aromatic nitrogens is 3. The van der Waals surface area contributed by atoms with Gasteiger partial charge in [0.15, 0.2) is 5.82 Å². The number of nitrogens with one attached hydrogen (secondary N) is 1. The van der Waals surface area contributed by atoms with Gasteiger partial charge < -0.3 is 10.1 Å². The molecule has 1 aliphatic rings. The number of methoxy groups -OCH3 is 1. The summed E-state index contributed by atoms with van der Waals surface area (Å²) in [5.74, 6) is 1.39. The number of hydrogen-bond acceptors (Lipinski definition) is 5. The van der Waals surface area contributed by atoms with Crippen LogP contribution >= 0.6 is 0 Å². The molecule has 0 aliphatic carbocycles. The summed E-state index contributed by atoms with van der Waals surface area (Å²) in [6.07, 6.45) is 0.107. The molecule has 0 fully saturated rings. The number of aryl methyl sites for hydroxylation is 1. The minimum atomic E-state index is -0.575. The van der Waals surface area contributed by atoms with Crippen LogP contribution in [0.5, 0.6) is 5.75 Å². The van der Waals surface area contributed by atoms with Crippen LogP contribution in [0.2, 0.25) is 0 Å². The van der Waals surface area contributed by atoms with Gasteiger partial charge in [0, 0.05) is 17.7 Å². The van der Waals surface area contributed by atoms with Gasteiger partial charge in [0.2, 0.25) is 5.91 Å². The molecule has 0 radical (unpaired) electrons. The zero-order valence-corrected chi connectivity index (χ0v) is 17.0. The van der Waals surface area contributed by atoms with Gasteiger partial charge in [0.05, 0.1) is 24.9 Å². The van der Waals surface area contributed by atoms with E-state index in [0.29, 0.717) is 35.2 Å². The summed E-state index contributed by atoms with van der Waals surface area (Å²) in [6, 6.07) is 11.3. The Labute approximate surface area is 173 Å². The molecule has 30 heavy (non-hydrogen) atoms. The number of amides is 1. The van der Waals surface area contributed by atoms with E-state index in [1.54, 1.807) is 19.2 Å². The van der Waals surface area contributed by atoms with Crippen molar-refractivity contribution in [2.45, 2.75) is 26.3 Å². The van der Waals surface area contributed by atoms with Gasteiger partial charge in [-0.15, -0.1) is 10.2 Å². The van der Waals surface area contributed by atoms with Crippen molar-refractivity contribution in [3.05, 3.63) is 71.1 Å². The first-order valence-electron chi connectivity index (χ1n) is 9.73. The fourth-order valence-corrected chi connectivity index (χ4v) is 3.65. The van der Waals surface area contributed by atoms with Crippen LogP contribution in [0.1, 0.15) is 42.2 Å². The highest BCUT2D eigenvalue weighted by Gasteiger charge is 2.30. The molecule has 3 aromatic rings. The van der Waals surface area contributed by atoms with E-state index < -0.39 is 6.04 Å². The lowest BCUT2D eigenvalue weighted by atomic mass is 9.99. The zero-order valence-electron chi connectivity index (χ0n) is 17.0. The SMILES string of the molecule is CCNC(=O)C[C@@H]1N=C(c2cccc(F)c2)c2cc(OC)ccc2-n2c(C)nnc21. The lowest BCUT2D eigenvalue weighted by Crippen LogP contribution is -2.25. The Kier molecular flexibility index (Phi) is 5.31. The topological polar surface area (TPSA) is 81.4 Å². The molecule has 0 bridgehead atoms. The van der Waals surface area contributed by atoms with Crippen molar-refractivity contribution in [1.82, 2.24) is 20.1 Å². The van der Waals surface area contributed by atoms with Crippen molar-refractivity contribution in [3.63, 3.8) is 0 Å². The lowest BCUT2D eigenvalue weighted by Gasteiger charge is -2.14. The average molecular weight is 407 g/mol. The van der Waals surface area contributed by atoms with Gasteiger partial charge in [-0.2, -0.15) is 0 Å². The third-order valence-electron chi connectivity index (χ3n) is 4.98. The van der Waals surface area contributed by atoms with E-state index in [1.807, 2.05) is 36.6 Å². The van der Waals surface area contributed by atoms with Gasteiger partial charge in [-0.3, -0.25) is 14.4 Å². The summed E-state index contributed by atoms with van der Waals surface area (Å²) in [5.41, 5.74) is 2.74. The van der Waals surface area contributed by atoms with Gasteiger partial charge in [-0.25, -0.2) is 4.39 Å². The van der Waals surface area contributed by atoms with Crippen LogP contribution < -0.4 is 10.1 Å². The van der Waals surface area contributed by atoms with Crippen molar-refractivity contribution in [2.24, 2.45) is 4.99 Å². The van der Waals surface area contributed by atoms with Crippen molar-refractivity contribution in [1.29, 1.82) is 0 Å². The van der Waals surface area contributed by atoms with Gasteiger partial charge in [-0.1, -0.05) is 12.1 Å². The molecule has 2 heterocycles. The summed E-state index contributed by atoms with van der Waals surface area (Å²) in [7, 11) is 1.59. The molecule has 8 heteroatoms. The zero-order chi connectivity index (χ0) is 21.3. The van der Waals surface area contributed by atoms with Crippen LogP contribution in [0, 0.1) is 12.7 Å². The Balaban J connectivity index is 1.97. The van der Waals surface area contributed by atoms with Crippen LogP contribution in [0.3, 0.4) is 0 Å². The quantitative estimate of drug-likeness (QED) is 0.705. The Bertz CT molecular complexity index is 1140. The molecule has 1 aliphatic heterocycles. The van der Waals surface area contributed by atoms with E-state index >= 15 is 0 Å². The number of carbonyl (C=O) groups is 1. The molecular weight excluding hydrogens is 385 g/mol. The Morgan fingerprint density at radius 3 is 2.80 bits per heavy atom. The maximum absolute atomic E-state index is 14.0. The van der Waals surface area contributed by atoms with Crippen molar-refractivity contribution in [3.8, 4) is 11.4 Å². The van der Waals surface area contributed by atoms with E-state index in [-0.39, 0.29) is 18.1 Å². The van der Waals surface area contributed by atoms with Crippen molar-refractivity contribution < 1.29 is 13.9 Å². The number of ether oxygens (including phenoxy) is 1. The lowest BCUT2D eigenvalue weighted by molar-refractivity contribution is -0.121. The number of carbonyl (C=O) groups excluding carboxylic acids is 1. The molecule has 1 amide bonds. The Hall–Kier alpha value is -3.55. The molecule has 0 saturated heterocycles. The number of hydrogen-bond donors (Lipinski definition) is 1. The maximum atomic E-state index is 14.0. The molecule has 154 valence electrons. The van der Waals surface area contributed by atoms with Gasteiger partial charge >= 0.3 is 0 Å². The maximum Gasteiger partial charge on any atom is 0.222 e. The largest absolute Gasteiger partial charge is 0.497 e. The molecule has 1 atom stereocenters. The fraction of sp³-hybridized carbons (Fsp3) is 0.273. The predicted molar refractivity (Wildman–Crippen MR) is 111 cm³/mol.